The molecule has 0 aliphatic carbocycles. The topological polar surface area (TPSA) is 108 Å². The largest absolute Gasteiger partial charge is 0.452 e. The van der Waals surface area contributed by atoms with Gasteiger partial charge in [-0.25, -0.2) is 4.79 Å². The molecule has 0 saturated heterocycles. The molecule has 0 bridgehead atoms. The van der Waals surface area contributed by atoms with Crippen LogP contribution in [0.5, 0.6) is 0 Å². The van der Waals surface area contributed by atoms with Crippen molar-refractivity contribution in [3.8, 4) is 11.4 Å². The molecule has 0 unspecified atom stereocenters. The van der Waals surface area contributed by atoms with Gasteiger partial charge in [-0.1, -0.05) is 34.4 Å². The Morgan fingerprint density at radius 2 is 1.86 bits per heavy atom. The molecule has 10 heteroatoms. The maximum absolute atomic E-state index is 11.8. The van der Waals surface area contributed by atoms with Crippen LogP contribution in [0.15, 0.2) is 53.1 Å². The predicted molar refractivity (Wildman–Crippen MR) is 102 cm³/mol. The van der Waals surface area contributed by atoms with Crippen LogP contribution >= 0.6 is 23.2 Å². The molecule has 3 rings (SSSR count). The summed E-state index contributed by atoms with van der Waals surface area (Å²) in [6.07, 6.45) is 2.63. The summed E-state index contributed by atoms with van der Waals surface area (Å²) >= 11 is 12.0. The molecule has 0 aliphatic heterocycles. The smallest absolute Gasteiger partial charge is 0.331 e. The number of benzene rings is 2. The lowest BCUT2D eigenvalue weighted by atomic mass is 10.2. The number of nitrogens with zero attached hydrogens (tertiary/aromatic N) is 3. The van der Waals surface area contributed by atoms with Crippen LogP contribution in [-0.4, -0.2) is 21.0 Å². The fourth-order valence-electron chi connectivity index (χ4n) is 2.17. The zero-order valence-corrected chi connectivity index (χ0v) is 15.6. The summed E-state index contributed by atoms with van der Waals surface area (Å²) in [4.78, 5) is 26.1. The van der Waals surface area contributed by atoms with Gasteiger partial charge in [0.25, 0.3) is 11.6 Å². The van der Waals surface area contributed by atoms with Crippen LogP contribution in [0.4, 0.5) is 5.69 Å². The van der Waals surface area contributed by atoms with E-state index in [0.717, 1.165) is 0 Å². The van der Waals surface area contributed by atoms with E-state index in [-0.39, 0.29) is 24.0 Å². The summed E-state index contributed by atoms with van der Waals surface area (Å²) in [7, 11) is 0. The van der Waals surface area contributed by atoms with Gasteiger partial charge in [0.15, 0.2) is 6.61 Å². The minimum Gasteiger partial charge on any atom is -0.452 e. The van der Waals surface area contributed by atoms with E-state index in [1.165, 1.54) is 36.4 Å². The summed E-state index contributed by atoms with van der Waals surface area (Å²) in [5.74, 6) is -0.351. The molecule has 142 valence electrons. The van der Waals surface area contributed by atoms with Crippen LogP contribution in [0.3, 0.4) is 0 Å². The summed E-state index contributed by atoms with van der Waals surface area (Å²) < 4.78 is 10.0. The molecule has 1 aromatic heterocycles. The molecule has 0 amide bonds. The van der Waals surface area contributed by atoms with Gasteiger partial charge in [-0.2, -0.15) is 4.98 Å². The molecule has 3 aromatic rings. The molecule has 0 radical (unpaired) electrons. The molecule has 28 heavy (non-hydrogen) atoms. The molecule has 0 N–H and O–H groups in total. The van der Waals surface area contributed by atoms with Crippen LogP contribution in [0.1, 0.15) is 11.5 Å². The van der Waals surface area contributed by atoms with Gasteiger partial charge in [-0.15, -0.1) is 0 Å². The number of aromatic nitrogens is 2. The van der Waals surface area contributed by atoms with Gasteiger partial charge in [-0.05, 0) is 30.3 Å². The fraction of sp³-hybridized carbons (Fsp3) is 0.0556. The quantitative estimate of drug-likeness (QED) is 0.246. The molecule has 0 spiro atoms. The van der Waals surface area contributed by atoms with Crippen molar-refractivity contribution in [1.29, 1.82) is 0 Å². The van der Waals surface area contributed by atoms with Gasteiger partial charge >= 0.3 is 5.97 Å². The summed E-state index contributed by atoms with van der Waals surface area (Å²) in [5, 5.41) is 15.2. The third-order valence-corrected chi connectivity index (χ3v) is 4.19. The lowest BCUT2D eigenvalue weighted by Gasteiger charge is -2.01. The number of hydrogen-bond donors (Lipinski definition) is 0. The van der Waals surface area contributed by atoms with Crippen molar-refractivity contribution in [3.63, 3.8) is 0 Å². The highest BCUT2D eigenvalue weighted by atomic mass is 35.5. The highest BCUT2D eigenvalue weighted by molar-refractivity contribution is 6.37. The van der Waals surface area contributed by atoms with E-state index in [4.69, 9.17) is 32.5 Å². The van der Waals surface area contributed by atoms with Gasteiger partial charge in [0, 0.05) is 39.4 Å². The average Bonchev–Trinajstić information content (AvgIpc) is 3.15. The number of carbonyl (C=O) groups excluding carboxylic acids is 1. The van der Waals surface area contributed by atoms with Crippen molar-refractivity contribution in [2.45, 2.75) is 6.61 Å². The Bertz CT molecular complexity index is 1030. The Balaban J connectivity index is 1.60. The van der Waals surface area contributed by atoms with Gasteiger partial charge in [0.05, 0.1) is 4.92 Å². The number of rotatable bonds is 6. The first-order valence-electron chi connectivity index (χ1n) is 7.80. The Hall–Kier alpha value is -3.23. The Morgan fingerprint density at radius 1 is 1.18 bits per heavy atom. The normalized spacial score (nSPS) is 10.9. The fourth-order valence-corrected chi connectivity index (χ4v) is 2.69. The van der Waals surface area contributed by atoms with Crippen LogP contribution in [0.2, 0.25) is 10.0 Å². The number of nitro benzene ring substituents is 1. The van der Waals surface area contributed by atoms with E-state index < -0.39 is 10.9 Å². The Labute approximate surface area is 168 Å². The van der Waals surface area contributed by atoms with Crippen molar-refractivity contribution in [2.24, 2.45) is 0 Å². The van der Waals surface area contributed by atoms with E-state index in [1.54, 1.807) is 18.2 Å². The van der Waals surface area contributed by atoms with Crippen LogP contribution in [0.25, 0.3) is 17.5 Å². The number of hydrogen-bond acceptors (Lipinski definition) is 7. The lowest BCUT2D eigenvalue weighted by molar-refractivity contribution is -0.384. The average molecular weight is 420 g/mol. The molecule has 8 nitrogen and oxygen atoms in total. The number of esters is 1. The van der Waals surface area contributed by atoms with E-state index in [9.17, 15) is 14.9 Å². The molecular formula is C18H11Cl2N3O5. The minimum absolute atomic E-state index is 0.0493. The number of carbonyl (C=O) groups is 1. The van der Waals surface area contributed by atoms with Crippen molar-refractivity contribution >= 4 is 40.9 Å². The second-order valence-electron chi connectivity index (χ2n) is 5.39. The molecule has 0 saturated carbocycles. The number of halogens is 2. The summed E-state index contributed by atoms with van der Waals surface area (Å²) in [6.45, 7) is -0.237. The molecule has 2 aromatic carbocycles. The second-order valence-corrected chi connectivity index (χ2v) is 6.21. The van der Waals surface area contributed by atoms with E-state index in [2.05, 4.69) is 10.1 Å². The second kappa shape index (κ2) is 8.64. The highest BCUT2D eigenvalue weighted by Crippen LogP contribution is 2.25. The number of ether oxygens (including phenoxy) is 1. The number of non-ortho nitro benzene ring substituents is 1. The van der Waals surface area contributed by atoms with Crippen LogP contribution in [0, 0.1) is 10.1 Å². The van der Waals surface area contributed by atoms with E-state index >= 15 is 0 Å². The maximum Gasteiger partial charge on any atom is 0.331 e. The monoisotopic (exact) mass is 419 g/mol. The number of nitro groups is 1. The SMILES string of the molecule is O=C(C=Cc1c(Cl)cccc1Cl)OCc1nc(-c2ccc([N+](=O)[O-])cc2)no1. The zero-order valence-electron chi connectivity index (χ0n) is 14.0. The molecule has 0 atom stereocenters. The first-order chi connectivity index (χ1) is 13.4. The predicted octanol–water partition coefficient (Wildman–Crippen LogP) is 4.71. The third-order valence-electron chi connectivity index (χ3n) is 3.53. The van der Waals surface area contributed by atoms with Crippen molar-refractivity contribution in [2.75, 3.05) is 0 Å². The van der Waals surface area contributed by atoms with Gasteiger partial charge in [0.2, 0.25) is 5.82 Å². The van der Waals surface area contributed by atoms with Gasteiger partial charge in [-0.3, -0.25) is 10.1 Å². The third kappa shape index (κ3) is 4.73. The zero-order chi connectivity index (χ0) is 20.1. The summed E-state index contributed by atoms with van der Waals surface area (Å²) in [5.41, 5.74) is 0.980. The molecule has 1 heterocycles. The lowest BCUT2D eigenvalue weighted by Crippen LogP contribution is -2.01. The van der Waals surface area contributed by atoms with Gasteiger partial charge in [0.1, 0.15) is 0 Å². The molecular weight excluding hydrogens is 409 g/mol. The minimum atomic E-state index is -0.647. The van der Waals surface area contributed by atoms with E-state index in [0.29, 0.717) is 21.2 Å². The molecule has 0 fully saturated rings. The first kappa shape index (κ1) is 19.5. The maximum atomic E-state index is 11.8. The van der Waals surface area contributed by atoms with Gasteiger partial charge < -0.3 is 9.26 Å². The van der Waals surface area contributed by atoms with Crippen LogP contribution in [-0.2, 0) is 16.1 Å². The summed E-state index contributed by atoms with van der Waals surface area (Å²) in [6, 6.07) is 10.6. The Kier molecular flexibility index (Phi) is 6.03. The Morgan fingerprint density at radius 3 is 2.50 bits per heavy atom. The van der Waals surface area contributed by atoms with Crippen molar-refractivity contribution < 1.29 is 19.0 Å². The van der Waals surface area contributed by atoms with E-state index in [1.807, 2.05) is 0 Å². The van der Waals surface area contributed by atoms with Crippen molar-refractivity contribution in [1.82, 2.24) is 10.1 Å². The van der Waals surface area contributed by atoms with Crippen molar-refractivity contribution in [3.05, 3.63) is 80.2 Å². The molecule has 0 aliphatic rings. The van der Waals surface area contributed by atoms with Crippen LogP contribution < -0.4 is 0 Å². The first-order valence-corrected chi connectivity index (χ1v) is 8.56. The standard InChI is InChI=1S/C18H11Cl2N3O5/c19-14-2-1-3-15(20)13(14)8-9-17(24)27-10-16-21-18(22-28-16)11-4-6-12(7-5-11)23(25)26/h1-9H,10H2. The highest BCUT2D eigenvalue weighted by Gasteiger charge is 2.12.